The highest BCUT2D eigenvalue weighted by Crippen LogP contribution is 2.38. The third-order valence-corrected chi connectivity index (χ3v) is 6.53. The van der Waals surface area contributed by atoms with Gasteiger partial charge in [0.15, 0.2) is 0 Å². The van der Waals surface area contributed by atoms with Gasteiger partial charge in [-0.1, -0.05) is 31.4 Å². The van der Waals surface area contributed by atoms with Crippen molar-refractivity contribution < 1.29 is 0 Å². The molecule has 0 saturated heterocycles. The van der Waals surface area contributed by atoms with Crippen molar-refractivity contribution in [2.75, 3.05) is 0 Å². The van der Waals surface area contributed by atoms with Crippen molar-refractivity contribution in [3.05, 3.63) is 84.5 Å². The minimum atomic E-state index is -0.114. The molecule has 4 rings (SSSR count). The summed E-state index contributed by atoms with van der Waals surface area (Å²) in [5, 5.41) is 0. The number of pyridine rings is 2. The van der Waals surface area contributed by atoms with Gasteiger partial charge in [0.1, 0.15) is 5.82 Å². The Morgan fingerprint density at radius 1 is 0.700 bits per heavy atom. The average Bonchev–Trinajstić information content (AvgIpc) is 2.81. The zero-order valence-corrected chi connectivity index (χ0v) is 18.4. The first-order valence-corrected chi connectivity index (χ1v) is 11.1. The van der Waals surface area contributed by atoms with Crippen molar-refractivity contribution >= 4 is 16.5 Å². The number of hydrogen-bond acceptors (Lipinski definition) is 6. The molecule has 0 aromatic carbocycles. The molecule has 1 fully saturated rings. The lowest BCUT2D eigenvalue weighted by Crippen LogP contribution is -2.60. The van der Waals surface area contributed by atoms with E-state index in [1.54, 1.807) is 0 Å². The van der Waals surface area contributed by atoms with E-state index in [4.69, 9.17) is 0 Å². The van der Waals surface area contributed by atoms with Crippen LogP contribution in [0.3, 0.4) is 0 Å². The summed E-state index contributed by atoms with van der Waals surface area (Å²) in [6.45, 7) is 2.22. The van der Waals surface area contributed by atoms with Crippen LogP contribution in [-0.4, -0.2) is 50.9 Å². The Kier molecular flexibility index (Phi) is 7.19. The Morgan fingerprint density at radius 2 is 1.30 bits per heavy atom. The zero-order chi connectivity index (χ0) is 20.7. The van der Waals surface area contributed by atoms with Crippen LogP contribution in [0.25, 0.3) is 0 Å². The summed E-state index contributed by atoms with van der Waals surface area (Å²) in [5.74, 6) is 0.842. The van der Waals surface area contributed by atoms with Gasteiger partial charge in [-0.3, -0.25) is 14.9 Å². The van der Waals surface area contributed by atoms with Crippen molar-refractivity contribution in [2.24, 2.45) is 0 Å². The summed E-state index contributed by atoms with van der Waals surface area (Å²) in [7, 11) is 0. The van der Waals surface area contributed by atoms with Gasteiger partial charge >= 0.3 is 0 Å². The second kappa shape index (κ2) is 10.2. The number of hydrogen-bond donors (Lipinski definition) is 0. The highest BCUT2D eigenvalue weighted by molar-refractivity contribution is 6.04. The molecule has 7 heteroatoms. The fourth-order valence-electron chi connectivity index (χ4n) is 4.34. The highest BCUT2D eigenvalue weighted by atomic mass is 27.1. The molecule has 3 aromatic rings. The second-order valence-corrected chi connectivity index (χ2v) is 8.46. The number of rotatable bonds is 8. The lowest BCUT2D eigenvalue weighted by Gasteiger charge is -2.53. The number of nitrogens with zero attached hydrogens (tertiary/aromatic N) is 6. The quantitative estimate of drug-likeness (QED) is 0.415. The fraction of sp³-hybridized carbons (Fsp3) is 0.391. The number of aromatic nitrogens is 4. The van der Waals surface area contributed by atoms with Gasteiger partial charge in [0, 0.05) is 37.9 Å². The van der Waals surface area contributed by atoms with Crippen molar-refractivity contribution in [1.29, 1.82) is 0 Å². The smallest absolute Gasteiger partial charge is 0.259 e. The standard InChI is InChI=1S/C23H27N6.Al/c1-4-11-23(12-5-1,28-17-20-9-2-6-13-24-20)29(18-21-10-3-7-14-25-21)19-22-26-15-8-16-27-22;/h2-3,6-10,13-16H,1,4-5,11-12,17-19H2;/q-1;+1. The molecular formula is C23H27AlN6. The van der Waals surface area contributed by atoms with Crippen LogP contribution in [0.15, 0.2) is 67.3 Å². The fourth-order valence-corrected chi connectivity index (χ4v) is 4.94. The maximum absolute atomic E-state index is 4.61. The predicted octanol–water partition coefficient (Wildman–Crippen LogP) is 3.51. The van der Waals surface area contributed by atoms with Gasteiger partial charge in [0.05, 0.1) is 23.6 Å². The molecule has 2 radical (unpaired) electrons. The van der Waals surface area contributed by atoms with E-state index in [0.29, 0.717) is 6.54 Å². The summed E-state index contributed by atoms with van der Waals surface area (Å²) < 4.78 is 2.40. The largest absolute Gasteiger partial charge is 0.381 e. The molecule has 0 N–H and O–H groups in total. The van der Waals surface area contributed by atoms with Crippen molar-refractivity contribution in [2.45, 2.75) is 57.4 Å². The molecule has 3 heterocycles. The molecule has 30 heavy (non-hydrogen) atoms. The molecule has 152 valence electrons. The van der Waals surface area contributed by atoms with Crippen LogP contribution in [0.5, 0.6) is 0 Å². The van der Waals surface area contributed by atoms with Crippen LogP contribution in [0.4, 0.5) is 0 Å². The van der Waals surface area contributed by atoms with Crippen LogP contribution in [0.2, 0.25) is 0 Å². The van der Waals surface area contributed by atoms with E-state index >= 15 is 0 Å². The van der Waals surface area contributed by atoms with Crippen molar-refractivity contribution in [1.82, 2.24) is 28.7 Å². The predicted molar refractivity (Wildman–Crippen MR) is 117 cm³/mol. The van der Waals surface area contributed by atoms with Crippen LogP contribution in [-0.2, 0) is 19.6 Å². The lowest BCUT2D eigenvalue weighted by molar-refractivity contribution is -0.0578. The first-order chi connectivity index (χ1) is 14.8. The van der Waals surface area contributed by atoms with E-state index in [1.807, 2.05) is 43.0 Å². The molecule has 0 spiro atoms. The van der Waals surface area contributed by atoms with Gasteiger partial charge < -0.3 is 3.88 Å². The monoisotopic (exact) mass is 414 g/mol. The topological polar surface area (TPSA) is 58.0 Å². The normalized spacial score (nSPS) is 16.1. The first kappa shape index (κ1) is 21.1. The van der Waals surface area contributed by atoms with E-state index in [2.05, 4.69) is 69.5 Å². The Bertz CT molecular complexity index is 846. The zero-order valence-electron chi connectivity index (χ0n) is 17.3. The third kappa shape index (κ3) is 5.11. The van der Waals surface area contributed by atoms with Gasteiger partial charge in [-0.15, -0.1) is 0 Å². The Hall–Kier alpha value is -2.17. The lowest BCUT2D eigenvalue weighted by atomic mass is 9.86. The Morgan fingerprint density at radius 3 is 1.90 bits per heavy atom. The Labute approximate surface area is 187 Å². The van der Waals surface area contributed by atoms with Crippen LogP contribution in [0, 0.1) is 0 Å². The molecule has 1 aliphatic carbocycles. The molecule has 1 saturated carbocycles. The van der Waals surface area contributed by atoms with Gasteiger partial charge in [-0.25, -0.2) is 9.97 Å². The maximum atomic E-state index is 4.61. The maximum Gasteiger partial charge on any atom is 0.259 e. The summed E-state index contributed by atoms with van der Waals surface area (Å²) in [4.78, 5) is 20.7. The van der Waals surface area contributed by atoms with E-state index in [1.165, 1.54) is 19.3 Å². The first-order valence-electron chi connectivity index (χ1n) is 10.6. The van der Waals surface area contributed by atoms with E-state index in [0.717, 1.165) is 43.1 Å². The molecule has 0 bridgehead atoms. The van der Waals surface area contributed by atoms with E-state index in [-0.39, 0.29) is 5.66 Å². The molecule has 6 nitrogen and oxygen atoms in total. The van der Waals surface area contributed by atoms with Gasteiger partial charge in [0.2, 0.25) is 0 Å². The van der Waals surface area contributed by atoms with Crippen LogP contribution in [0.1, 0.15) is 49.3 Å². The molecular weight excluding hydrogens is 387 g/mol. The highest BCUT2D eigenvalue weighted by Gasteiger charge is 2.40. The van der Waals surface area contributed by atoms with Gasteiger partial charge in [-0.05, 0) is 43.2 Å². The van der Waals surface area contributed by atoms with Crippen LogP contribution >= 0.6 is 0 Å². The summed E-state index contributed by atoms with van der Waals surface area (Å²) in [6.07, 6.45) is 13.3. The summed E-state index contributed by atoms with van der Waals surface area (Å²) >= 11 is 3.00. The van der Waals surface area contributed by atoms with E-state index in [9.17, 15) is 0 Å². The second-order valence-electron chi connectivity index (χ2n) is 7.83. The van der Waals surface area contributed by atoms with Gasteiger partial charge in [0.25, 0.3) is 16.5 Å². The summed E-state index contributed by atoms with van der Waals surface area (Å²) in [5.41, 5.74) is 2.03. The third-order valence-electron chi connectivity index (χ3n) is 5.87. The molecule has 0 aliphatic heterocycles. The molecule has 0 amide bonds. The SMILES string of the molecule is [Al][N](Cc1ccccn1)C1(N(Cc2ccccn2)Cc2ncccn2)CCCCC1. The van der Waals surface area contributed by atoms with Crippen LogP contribution < -0.4 is 0 Å². The minimum absolute atomic E-state index is 0.114. The molecule has 0 atom stereocenters. The van der Waals surface area contributed by atoms with E-state index < -0.39 is 0 Å². The minimum Gasteiger partial charge on any atom is -0.381 e. The summed E-state index contributed by atoms with van der Waals surface area (Å²) in [6, 6.07) is 14.1. The van der Waals surface area contributed by atoms with Crippen molar-refractivity contribution in [3.8, 4) is 0 Å². The Balaban J connectivity index is 1.66. The molecule has 3 aromatic heterocycles. The van der Waals surface area contributed by atoms with Crippen molar-refractivity contribution in [3.63, 3.8) is 0 Å². The van der Waals surface area contributed by atoms with Gasteiger partial charge in [-0.2, -0.15) is 0 Å². The molecule has 1 aliphatic rings. The molecule has 0 unspecified atom stereocenters. The average molecular weight is 414 g/mol.